The number of benzene rings is 3. The van der Waals surface area contributed by atoms with Crippen molar-refractivity contribution in [1.29, 1.82) is 0 Å². The number of rotatable bonds is 13. The number of carbonyl (C=O) groups is 4. The van der Waals surface area contributed by atoms with E-state index in [1.54, 1.807) is 30.3 Å². The summed E-state index contributed by atoms with van der Waals surface area (Å²) in [5.74, 6) is -1.27. The van der Waals surface area contributed by atoms with Crippen LogP contribution in [0, 0.1) is 0 Å². The average molecular weight is 572 g/mol. The maximum Gasteiger partial charge on any atom is 0.407 e. The predicted molar refractivity (Wildman–Crippen MR) is 157 cm³/mol. The molecule has 218 valence electrons. The van der Waals surface area contributed by atoms with E-state index in [-0.39, 0.29) is 37.7 Å². The molecule has 42 heavy (non-hydrogen) atoms. The predicted octanol–water partition coefficient (Wildman–Crippen LogP) is 4.98. The zero-order valence-electron chi connectivity index (χ0n) is 23.3. The lowest BCUT2D eigenvalue weighted by Gasteiger charge is -2.19. The van der Waals surface area contributed by atoms with Gasteiger partial charge in [0.15, 0.2) is 5.76 Å². The molecule has 0 unspecified atom stereocenters. The molecule has 0 aliphatic heterocycles. The molecule has 0 radical (unpaired) electrons. The first-order valence-electron chi connectivity index (χ1n) is 13.6. The number of para-hydroxylation sites is 2. The first kappa shape index (κ1) is 29.9. The quantitative estimate of drug-likeness (QED) is 0.152. The number of nitrogens with one attached hydrogen (secondary N) is 3. The zero-order valence-corrected chi connectivity index (χ0v) is 23.3. The van der Waals surface area contributed by atoms with Crippen LogP contribution in [0.3, 0.4) is 0 Å². The number of aryl methyl sites for hydroxylation is 1. The molecule has 1 atom stereocenters. The molecule has 0 saturated heterocycles. The normalized spacial score (nSPS) is 11.4. The average Bonchev–Trinajstić information content (AvgIpc) is 3.46. The Morgan fingerprint density at radius 1 is 0.905 bits per heavy atom. The fourth-order valence-corrected chi connectivity index (χ4v) is 4.28. The molecule has 3 N–H and O–H groups in total. The molecule has 1 heterocycles. The lowest BCUT2D eigenvalue weighted by Crippen LogP contribution is -2.44. The molecule has 0 aliphatic rings. The molecule has 10 heteroatoms. The van der Waals surface area contributed by atoms with E-state index in [1.807, 2.05) is 54.6 Å². The summed E-state index contributed by atoms with van der Waals surface area (Å²) in [6, 6.07) is 24.3. The smallest absolute Gasteiger partial charge is 0.407 e. The van der Waals surface area contributed by atoms with E-state index in [2.05, 4.69) is 16.0 Å². The van der Waals surface area contributed by atoms with Gasteiger partial charge in [-0.15, -0.1) is 0 Å². The van der Waals surface area contributed by atoms with Crippen molar-refractivity contribution in [3.05, 3.63) is 102 Å². The number of anilines is 1. The number of amides is 3. The van der Waals surface area contributed by atoms with Gasteiger partial charge in [-0.1, -0.05) is 66.7 Å². The van der Waals surface area contributed by atoms with Gasteiger partial charge < -0.3 is 29.8 Å². The lowest BCUT2D eigenvalue weighted by molar-refractivity contribution is -0.140. The van der Waals surface area contributed by atoms with E-state index in [0.29, 0.717) is 24.1 Å². The first-order valence-corrected chi connectivity index (χ1v) is 13.6. The number of hydrogen-bond acceptors (Lipinski definition) is 7. The van der Waals surface area contributed by atoms with Gasteiger partial charge in [0, 0.05) is 24.0 Å². The van der Waals surface area contributed by atoms with Crippen LogP contribution < -0.4 is 16.0 Å². The van der Waals surface area contributed by atoms with Gasteiger partial charge in [-0.3, -0.25) is 14.4 Å². The van der Waals surface area contributed by atoms with Gasteiger partial charge in [-0.25, -0.2) is 4.79 Å². The highest BCUT2D eigenvalue weighted by Crippen LogP contribution is 2.20. The van der Waals surface area contributed by atoms with Crippen molar-refractivity contribution >= 4 is 40.5 Å². The van der Waals surface area contributed by atoms with Crippen LogP contribution in [0.1, 0.15) is 40.9 Å². The van der Waals surface area contributed by atoms with Crippen molar-refractivity contribution in [3.63, 3.8) is 0 Å². The Labute approximate surface area is 243 Å². The molecule has 0 aliphatic carbocycles. The molecule has 3 amide bonds. The van der Waals surface area contributed by atoms with Crippen LogP contribution in [-0.2, 0) is 32.1 Å². The van der Waals surface area contributed by atoms with Gasteiger partial charge in [-0.2, -0.15) is 0 Å². The third-order valence-electron chi connectivity index (χ3n) is 6.52. The Morgan fingerprint density at radius 2 is 1.64 bits per heavy atom. The number of carbonyl (C=O) groups excluding carboxylic acids is 4. The monoisotopic (exact) mass is 571 g/mol. The molecule has 1 aromatic heterocycles. The third-order valence-corrected chi connectivity index (χ3v) is 6.52. The first-order chi connectivity index (χ1) is 20.4. The summed E-state index contributed by atoms with van der Waals surface area (Å²) in [7, 11) is 1.32. The topological polar surface area (TPSA) is 136 Å². The molecule has 0 saturated carbocycles. The van der Waals surface area contributed by atoms with Gasteiger partial charge in [0.2, 0.25) is 5.91 Å². The standard InChI is InChI=1S/C32H33N3O7/c1-40-29(36)18-17-23-12-5-7-14-25(23)34-30(37)26(35-31(38)28-20-24-13-6-8-16-27(24)42-28)15-9-19-33-32(39)41-21-22-10-3-2-4-11-22/h2-8,10-14,16,20,26H,9,15,17-19,21H2,1H3,(H,33,39)(H,34,37)(H,35,38)/t26-/m0/s1. The van der Waals surface area contributed by atoms with Gasteiger partial charge >= 0.3 is 12.1 Å². The minimum Gasteiger partial charge on any atom is -0.469 e. The van der Waals surface area contributed by atoms with Gasteiger partial charge in [0.1, 0.15) is 18.2 Å². The summed E-state index contributed by atoms with van der Waals surface area (Å²) in [6.07, 6.45) is 0.547. The van der Waals surface area contributed by atoms with Crippen LogP contribution in [0.4, 0.5) is 10.5 Å². The Morgan fingerprint density at radius 3 is 2.43 bits per heavy atom. The molecule has 0 fully saturated rings. The summed E-state index contributed by atoms with van der Waals surface area (Å²) in [4.78, 5) is 50.3. The number of methoxy groups -OCH3 is 1. The number of ether oxygens (including phenoxy) is 2. The summed E-state index contributed by atoms with van der Waals surface area (Å²) in [5, 5.41) is 9.08. The Kier molecular flexibility index (Phi) is 10.7. The number of hydrogen-bond donors (Lipinski definition) is 3. The third kappa shape index (κ3) is 8.69. The van der Waals surface area contributed by atoms with Crippen molar-refractivity contribution in [1.82, 2.24) is 10.6 Å². The molecule has 0 spiro atoms. The van der Waals surface area contributed by atoms with Crippen LogP contribution in [0.2, 0.25) is 0 Å². The van der Waals surface area contributed by atoms with Crippen LogP contribution in [0.15, 0.2) is 89.3 Å². The van der Waals surface area contributed by atoms with Crippen molar-refractivity contribution in [3.8, 4) is 0 Å². The van der Waals surface area contributed by atoms with Crippen molar-refractivity contribution in [2.75, 3.05) is 19.0 Å². The van der Waals surface area contributed by atoms with E-state index >= 15 is 0 Å². The van der Waals surface area contributed by atoms with Crippen LogP contribution in [-0.4, -0.2) is 43.6 Å². The largest absolute Gasteiger partial charge is 0.469 e. The fourth-order valence-electron chi connectivity index (χ4n) is 4.28. The Hall–Kier alpha value is -5.12. The van der Waals surface area contributed by atoms with E-state index in [4.69, 9.17) is 13.9 Å². The molecule has 10 nitrogen and oxygen atoms in total. The highest BCUT2D eigenvalue weighted by atomic mass is 16.5. The Balaban J connectivity index is 1.39. The van der Waals surface area contributed by atoms with E-state index in [9.17, 15) is 19.2 Å². The molecule has 3 aromatic carbocycles. The molecule has 4 rings (SSSR count). The second-order valence-electron chi connectivity index (χ2n) is 9.53. The van der Waals surface area contributed by atoms with Crippen LogP contribution in [0.25, 0.3) is 11.0 Å². The molecular weight excluding hydrogens is 538 g/mol. The fraction of sp³-hybridized carbons (Fsp3) is 0.250. The summed E-state index contributed by atoms with van der Waals surface area (Å²) >= 11 is 0. The van der Waals surface area contributed by atoms with Crippen LogP contribution >= 0.6 is 0 Å². The lowest BCUT2D eigenvalue weighted by atomic mass is 10.1. The Bertz CT molecular complexity index is 1480. The highest BCUT2D eigenvalue weighted by Gasteiger charge is 2.24. The number of esters is 1. The molecular formula is C32H33N3O7. The van der Waals surface area contributed by atoms with E-state index in [1.165, 1.54) is 7.11 Å². The SMILES string of the molecule is COC(=O)CCc1ccccc1NC(=O)[C@H](CCCNC(=O)OCc1ccccc1)NC(=O)c1cc2ccccc2o1. The minimum absolute atomic E-state index is 0.0788. The maximum absolute atomic E-state index is 13.4. The van der Waals surface area contributed by atoms with Gasteiger partial charge in [0.05, 0.1) is 7.11 Å². The number of fused-ring (bicyclic) bond motifs is 1. The van der Waals surface area contributed by atoms with E-state index < -0.39 is 23.9 Å². The maximum atomic E-state index is 13.4. The summed E-state index contributed by atoms with van der Waals surface area (Å²) in [5.41, 5.74) is 2.70. The van der Waals surface area contributed by atoms with Crippen LogP contribution in [0.5, 0.6) is 0 Å². The number of alkyl carbamates (subject to hydrolysis) is 1. The van der Waals surface area contributed by atoms with Gasteiger partial charge in [-0.05, 0) is 48.6 Å². The van der Waals surface area contributed by atoms with E-state index in [0.717, 1.165) is 16.5 Å². The molecule has 4 aromatic rings. The zero-order chi connectivity index (χ0) is 29.7. The summed E-state index contributed by atoms with van der Waals surface area (Å²) in [6.45, 7) is 0.369. The second-order valence-corrected chi connectivity index (χ2v) is 9.53. The number of furan rings is 1. The van der Waals surface area contributed by atoms with Gasteiger partial charge in [0.25, 0.3) is 5.91 Å². The van der Waals surface area contributed by atoms with Crippen molar-refractivity contribution in [2.24, 2.45) is 0 Å². The highest BCUT2D eigenvalue weighted by molar-refractivity contribution is 6.02. The second kappa shape index (κ2) is 15.0. The van der Waals surface area contributed by atoms with Crippen molar-refractivity contribution in [2.45, 2.75) is 38.3 Å². The van der Waals surface area contributed by atoms with Crippen molar-refractivity contribution < 1.29 is 33.1 Å². The molecule has 0 bridgehead atoms. The minimum atomic E-state index is -0.943. The summed E-state index contributed by atoms with van der Waals surface area (Å²) < 4.78 is 15.6.